The second-order valence-electron chi connectivity index (χ2n) is 4.38. The summed E-state index contributed by atoms with van der Waals surface area (Å²) in [6, 6.07) is 0. The zero-order valence-electron chi connectivity index (χ0n) is 10.4. The third-order valence-corrected chi connectivity index (χ3v) is 4.85. The number of hydrogen-bond acceptors (Lipinski definition) is 3. The van der Waals surface area contributed by atoms with Gasteiger partial charge in [-0.25, -0.2) is 12.7 Å². The monoisotopic (exact) mass is 262 g/mol. The molecule has 1 saturated heterocycles. The van der Waals surface area contributed by atoms with Crippen molar-refractivity contribution in [2.24, 2.45) is 0 Å². The molecule has 0 saturated carbocycles. The number of carbonyl (C=O) groups excluding carboxylic acids is 1. The number of amides is 1. The summed E-state index contributed by atoms with van der Waals surface area (Å²) in [7, 11) is -3.09. The van der Waals surface area contributed by atoms with E-state index in [1.807, 2.05) is 0 Å². The average molecular weight is 262 g/mol. The molecule has 1 heterocycles. The Kier molecular flexibility index (Phi) is 5.91. The Bertz CT molecular complexity index is 341. The van der Waals surface area contributed by atoms with Crippen LogP contribution < -0.4 is 5.32 Å². The number of rotatable bonds is 6. The lowest BCUT2D eigenvalue weighted by molar-refractivity contribution is -0.121. The first-order chi connectivity index (χ1) is 8.06. The minimum Gasteiger partial charge on any atom is -0.356 e. The number of hydrogen-bond donors (Lipinski definition) is 1. The van der Waals surface area contributed by atoms with Crippen LogP contribution in [0.25, 0.3) is 0 Å². The normalized spacial score (nSPS) is 20.1. The van der Waals surface area contributed by atoms with Crippen LogP contribution in [0.15, 0.2) is 0 Å². The number of unbranched alkanes of at least 4 members (excludes halogenated alkanes) is 1. The molecule has 6 heteroatoms. The largest absolute Gasteiger partial charge is 0.356 e. The van der Waals surface area contributed by atoms with Crippen molar-refractivity contribution in [2.45, 2.75) is 39.0 Å². The first kappa shape index (κ1) is 14.4. The van der Waals surface area contributed by atoms with E-state index in [1.54, 1.807) is 0 Å². The summed E-state index contributed by atoms with van der Waals surface area (Å²) in [5, 5.41) is 2.79. The third-order valence-electron chi connectivity index (χ3n) is 2.89. The molecule has 0 unspecified atom stereocenters. The summed E-state index contributed by atoms with van der Waals surface area (Å²) in [5.74, 6) is 0.170. The summed E-state index contributed by atoms with van der Waals surface area (Å²) in [5.41, 5.74) is 0. The SMILES string of the molecule is CCCCNC(=O)CCN1CCCCS1(=O)=O. The Morgan fingerprint density at radius 1 is 1.35 bits per heavy atom. The van der Waals surface area contributed by atoms with Crippen LogP contribution in [-0.4, -0.2) is 44.0 Å². The van der Waals surface area contributed by atoms with Crippen molar-refractivity contribution in [3.63, 3.8) is 0 Å². The Morgan fingerprint density at radius 2 is 2.12 bits per heavy atom. The molecule has 100 valence electrons. The summed E-state index contributed by atoms with van der Waals surface area (Å²) >= 11 is 0. The van der Waals surface area contributed by atoms with Crippen molar-refractivity contribution in [3.05, 3.63) is 0 Å². The summed E-state index contributed by atoms with van der Waals surface area (Å²) in [4.78, 5) is 11.4. The summed E-state index contributed by atoms with van der Waals surface area (Å²) in [6.07, 6.45) is 3.91. The molecule has 0 bridgehead atoms. The van der Waals surface area contributed by atoms with E-state index in [4.69, 9.17) is 0 Å². The fraction of sp³-hybridized carbons (Fsp3) is 0.909. The molecule has 1 aliphatic rings. The van der Waals surface area contributed by atoms with E-state index in [1.165, 1.54) is 4.31 Å². The predicted octanol–water partition coefficient (Wildman–Crippen LogP) is 0.718. The first-order valence-electron chi connectivity index (χ1n) is 6.31. The Labute approximate surface area is 104 Å². The van der Waals surface area contributed by atoms with Crippen LogP contribution in [0.2, 0.25) is 0 Å². The van der Waals surface area contributed by atoms with Gasteiger partial charge in [-0.3, -0.25) is 4.79 Å². The summed E-state index contributed by atoms with van der Waals surface area (Å²) in [6.45, 7) is 3.62. The number of nitrogens with zero attached hydrogens (tertiary/aromatic N) is 1. The molecule has 0 aromatic rings. The average Bonchev–Trinajstić information content (AvgIpc) is 2.27. The van der Waals surface area contributed by atoms with E-state index in [9.17, 15) is 13.2 Å². The Hall–Kier alpha value is -0.620. The molecule has 0 spiro atoms. The molecule has 1 aliphatic heterocycles. The zero-order chi connectivity index (χ0) is 12.7. The van der Waals surface area contributed by atoms with Crippen LogP contribution in [-0.2, 0) is 14.8 Å². The number of sulfonamides is 1. The standard InChI is InChI=1S/C11H22N2O3S/c1-2-3-7-12-11(14)6-9-13-8-4-5-10-17(13,15)16/h2-10H2,1H3,(H,12,14). The topological polar surface area (TPSA) is 66.5 Å². The Balaban J connectivity index is 2.27. The van der Waals surface area contributed by atoms with Crippen LogP contribution in [0.5, 0.6) is 0 Å². The lowest BCUT2D eigenvalue weighted by Crippen LogP contribution is -2.40. The maximum atomic E-state index is 11.6. The molecule has 17 heavy (non-hydrogen) atoms. The lowest BCUT2D eigenvalue weighted by Gasteiger charge is -2.25. The van der Waals surface area contributed by atoms with Crippen LogP contribution in [0.4, 0.5) is 0 Å². The predicted molar refractivity (Wildman–Crippen MR) is 67.1 cm³/mol. The highest BCUT2D eigenvalue weighted by Crippen LogP contribution is 2.13. The van der Waals surface area contributed by atoms with Gasteiger partial charge in [-0.05, 0) is 19.3 Å². The van der Waals surface area contributed by atoms with Gasteiger partial charge in [0.2, 0.25) is 15.9 Å². The van der Waals surface area contributed by atoms with E-state index in [2.05, 4.69) is 12.2 Å². The van der Waals surface area contributed by atoms with E-state index < -0.39 is 10.0 Å². The maximum Gasteiger partial charge on any atom is 0.221 e. The summed E-state index contributed by atoms with van der Waals surface area (Å²) < 4.78 is 24.7. The molecule has 1 amide bonds. The second kappa shape index (κ2) is 6.96. The highest BCUT2D eigenvalue weighted by atomic mass is 32.2. The van der Waals surface area contributed by atoms with Crippen molar-refractivity contribution < 1.29 is 13.2 Å². The van der Waals surface area contributed by atoms with Crippen molar-refractivity contribution in [1.82, 2.24) is 9.62 Å². The first-order valence-corrected chi connectivity index (χ1v) is 7.91. The molecule has 5 nitrogen and oxygen atoms in total. The van der Waals surface area contributed by atoms with Gasteiger partial charge in [-0.15, -0.1) is 0 Å². The van der Waals surface area contributed by atoms with Crippen LogP contribution in [0.3, 0.4) is 0 Å². The minimum atomic E-state index is -3.09. The second-order valence-corrected chi connectivity index (χ2v) is 6.46. The molecule has 0 aromatic heterocycles. The fourth-order valence-electron chi connectivity index (χ4n) is 1.81. The third kappa shape index (κ3) is 5.04. The van der Waals surface area contributed by atoms with Crippen molar-refractivity contribution in [1.29, 1.82) is 0 Å². The molecule has 0 aromatic carbocycles. The van der Waals surface area contributed by atoms with Gasteiger partial charge in [-0.2, -0.15) is 0 Å². The van der Waals surface area contributed by atoms with Crippen molar-refractivity contribution in [2.75, 3.05) is 25.4 Å². The van der Waals surface area contributed by atoms with Gasteiger partial charge in [0.1, 0.15) is 0 Å². The number of carbonyl (C=O) groups is 1. The van der Waals surface area contributed by atoms with Crippen LogP contribution >= 0.6 is 0 Å². The highest BCUT2D eigenvalue weighted by Gasteiger charge is 2.25. The maximum absolute atomic E-state index is 11.6. The quantitative estimate of drug-likeness (QED) is 0.717. The van der Waals surface area contributed by atoms with E-state index in [0.29, 0.717) is 19.6 Å². The number of nitrogens with one attached hydrogen (secondary N) is 1. The van der Waals surface area contributed by atoms with Gasteiger partial charge in [0.05, 0.1) is 5.75 Å². The lowest BCUT2D eigenvalue weighted by atomic mass is 10.3. The molecule has 0 aliphatic carbocycles. The highest BCUT2D eigenvalue weighted by molar-refractivity contribution is 7.89. The van der Waals surface area contributed by atoms with Crippen molar-refractivity contribution in [3.8, 4) is 0 Å². The molecular weight excluding hydrogens is 240 g/mol. The molecule has 1 N–H and O–H groups in total. The molecule has 1 rings (SSSR count). The zero-order valence-corrected chi connectivity index (χ0v) is 11.3. The van der Waals surface area contributed by atoms with E-state index >= 15 is 0 Å². The van der Waals surface area contributed by atoms with Gasteiger partial charge in [0.25, 0.3) is 0 Å². The minimum absolute atomic E-state index is 0.0563. The van der Waals surface area contributed by atoms with E-state index in [-0.39, 0.29) is 18.1 Å². The van der Waals surface area contributed by atoms with Crippen LogP contribution in [0, 0.1) is 0 Å². The smallest absolute Gasteiger partial charge is 0.221 e. The fourth-order valence-corrected chi connectivity index (χ4v) is 3.41. The Morgan fingerprint density at radius 3 is 2.76 bits per heavy atom. The van der Waals surface area contributed by atoms with Gasteiger partial charge < -0.3 is 5.32 Å². The van der Waals surface area contributed by atoms with Gasteiger partial charge >= 0.3 is 0 Å². The van der Waals surface area contributed by atoms with Gasteiger partial charge in [0.15, 0.2) is 0 Å². The van der Waals surface area contributed by atoms with E-state index in [0.717, 1.165) is 25.7 Å². The van der Waals surface area contributed by atoms with Crippen LogP contribution in [0.1, 0.15) is 39.0 Å². The molecule has 0 atom stereocenters. The van der Waals surface area contributed by atoms with Crippen molar-refractivity contribution >= 4 is 15.9 Å². The molecule has 1 fully saturated rings. The molecule has 0 radical (unpaired) electrons. The van der Waals surface area contributed by atoms with Gasteiger partial charge in [0, 0.05) is 26.1 Å². The van der Waals surface area contributed by atoms with Gasteiger partial charge in [-0.1, -0.05) is 13.3 Å². The molecular formula is C11H22N2O3S.